The number of aromatic nitrogens is 2. The Morgan fingerprint density at radius 3 is 2.61 bits per heavy atom. The van der Waals surface area contributed by atoms with Gasteiger partial charge in [-0.2, -0.15) is 0 Å². The molecule has 0 atom stereocenters. The second kappa shape index (κ2) is 9.14. The van der Waals surface area contributed by atoms with E-state index in [1.54, 1.807) is 55.1 Å². The number of benzene rings is 2. The Morgan fingerprint density at radius 1 is 1.14 bits per heavy atom. The predicted octanol–water partition coefficient (Wildman–Crippen LogP) is 5.26. The predicted molar refractivity (Wildman–Crippen MR) is 129 cm³/mol. The highest BCUT2D eigenvalue weighted by Gasteiger charge is 2.38. The summed E-state index contributed by atoms with van der Waals surface area (Å²) < 4.78 is 67.7. The molecule has 2 aromatic carbocycles. The van der Waals surface area contributed by atoms with Crippen LogP contribution < -0.4 is 4.72 Å². The Morgan fingerprint density at radius 2 is 1.94 bits per heavy atom. The van der Waals surface area contributed by atoms with Gasteiger partial charge in [-0.05, 0) is 43.2 Å². The van der Waals surface area contributed by atoms with E-state index in [1.807, 2.05) is 0 Å². The number of sulfonamides is 1. The van der Waals surface area contributed by atoms with Gasteiger partial charge in [0.25, 0.3) is 15.9 Å². The summed E-state index contributed by atoms with van der Waals surface area (Å²) in [7, 11) is -4.07. The van der Waals surface area contributed by atoms with Gasteiger partial charge < -0.3 is 8.94 Å². The van der Waals surface area contributed by atoms with Crippen LogP contribution in [0.25, 0.3) is 22.6 Å². The summed E-state index contributed by atoms with van der Waals surface area (Å²) in [4.78, 5) is 5.86. The second-order valence-corrected chi connectivity index (χ2v) is 10.5. The maximum atomic E-state index is 13.9. The molecule has 0 saturated carbocycles. The second-order valence-electron chi connectivity index (χ2n) is 8.85. The van der Waals surface area contributed by atoms with Crippen molar-refractivity contribution in [3.05, 3.63) is 71.7 Å². The van der Waals surface area contributed by atoms with Crippen LogP contribution in [0.5, 0.6) is 0 Å². The van der Waals surface area contributed by atoms with Crippen molar-refractivity contribution >= 4 is 15.9 Å². The summed E-state index contributed by atoms with van der Waals surface area (Å²) in [6.45, 7) is 3.51. The zero-order valence-electron chi connectivity index (χ0n) is 19.7. The lowest BCUT2D eigenvalue weighted by Gasteiger charge is -2.20. The molecule has 1 aliphatic heterocycles. The number of alkyl halides is 2. The van der Waals surface area contributed by atoms with Crippen LogP contribution in [0.4, 0.5) is 14.7 Å². The molecule has 1 fully saturated rings. The van der Waals surface area contributed by atoms with Crippen molar-refractivity contribution in [3.8, 4) is 22.6 Å². The number of halogens is 2. The monoisotopic (exact) mass is 514 g/mol. The third-order valence-electron chi connectivity index (χ3n) is 6.28. The molecule has 0 aliphatic carbocycles. The average molecular weight is 515 g/mol. The van der Waals surface area contributed by atoms with Gasteiger partial charge in [-0.3, -0.25) is 4.90 Å². The molecule has 0 amide bonds. The first-order valence-corrected chi connectivity index (χ1v) is 12.8. The van der Waals surface area contributed by atoms with Crippen molar-refractivity contribution in [2.45, 2.75) is 37.6 Å². The highest BCUT2D eigenvalue weighted by atomic mass is 32.2. The average Bonchev–Trinajstić information content (AvgIpc) is 3.57. The standard InChI is InChI=1S/C25H24F2N4O4S/c1-16-17(2)29-35-23(16)30-36(32,33)22-6-4-3-5-21(22)20-8-7-18(24-28-10-12-34-24)13-19(20)14-31-11-9-25(26,27)15-31/h3-8,10,12-13,30H,9,11,14-15H2,1-2H3. The van der Waals surface area contributed by atoms with Gasteiger partial charge in [-0.25, -0.2) is 26.9 Å². The molecule has 188 valence electrons. The number of hydrogen-bond acceptors (Lipinski definition) is 7. The zero-order chi connectivity index (χ0) is 25.5. The number of nitrogens with zero attached hydrogens (tertiary/aromatic N) is 3. The summed E-state index contributed by atoms with van der Waals surface area (Å²) in [5, 5.41) is 3.81. The van der Waals surface area contributed by atoms with Crippen molar-refractivity contribution < 1.29 is 26.1 Å². The van der Waals surface area contributed by atoms with E-state index in [-0.39, 0.29) is 36.8 Å². The molecule has 11 heteroatoms. The molecule has 0 bridgehead atoms. The molecule has 0 spiro atoms. The van der Waals surface area contributed by atoms with E-state index in [4.69, 9.17) is 8.94 Å². The maximum Gasteiger partial charge on any atom is 0.264 e. The van der Waals surface area contributed by atoms with Crippen molar-refractivity contribution in [3.63, 3.8) is 0 Å². The van der Waals surface area contributed by atoms with E-state index in [0.29, 0.717) is 39.4 Å². The van der Waals surface area contributed by atoms with Crippen LogP contribution in [-0.2, 0) is 16.6 Å². The Bertz CT molecular complexity index is 1500. The molecular formula is C25H24F2N4O4S. The lowest BCUT2D eigenvalue weighted by Crippen LogP contribution is -2.25. The lowest BCUT2D eigenvalue weighted by molar-refractivity contribution is 0.0115. The van der Waals surface area contributed by atoms with Gasteiger partial charge in [-0.1, -0.05) is 29.4 Å². The van der Waals surface area contributed by atoms with Crippen LogP contribution in [0.2, 0.25) is 0 Å². The van der Waals surface area contributed by atoms with Gasteiger partial charge in [0.15, 0.2) is 0 Å². The molecule has 4 aromatic rings. The SMILES string of the molecule is Cc1noc(NS(=O)(=O)c2ccccc2-c2ccc(-c3ncco3)cc2CN2CCC(F)(F)C2)c1C. The summed E-state index contributed by atoms with van der Waals surface area (Å²) in [5.41, 5.74) is 3.54. The highest BCUT2D eigenvalue weighted by Crippen LogP contribution is 2.36. The zero-order valence-corrected chi connectivity index (χ0v) is 20.5. The molecule has 1 aliphatic rings. The largest absolute Gasteiger partial charge is 0.445 e. The van der Waals surface area contributed by atoms with E-state index in [2.05, 4.69) is 14.9 Å². The topological polar surface area (TPSA) is 101 Å². The number of aryl methyl sites for hydroxylation is 1. The Balaban J connectivity index is 1.58. The van der Waals surface area contributed by atoms with Gasteiger partial charge in [0.2, 0.25) is 11.8 Å². The molecule has 3 heterocycles. The molecule has 8 nitrogen and oxygen atoms in total. The molecule has 0 unspecified atom stereocenters. The van der Waals surface area contributed by atoms with Crippen molar-refractivity contribution in [1.29, 1.82) is 0 Å². The van der Waals surface area contributed by atoms with Crippen molar-refractivity contribution in [2.24, 2.45) is 0 Å². The molecular weight excluding hydrogens is 490 g/mol. The molecule has 0 radical (unpaired) electrons. The Kier molecular flexibility index (Phi) is 6.13. The van der Waals surface area contributed by atoms with Crippen molar-refractivity contribution in [2.75, 3.05) is 17.8 Å². The fourth-order valence-corrected chi connectivity index (χ4v) is 5.55. The van der Waals surface area contributed by atoms with Gasteiger partial charge in [-0.15, -0.1) is 0 Å². The van der Waals surface area contributed by atoms with E-state index >= 15 is 0 Å². The summed E-state index contributed by atoms with van der Waals surface area (Å²) in [6, 6.07) is 11.9. The molecule has 1 saturated heterocycles. The van der Waals surface area contributed by atoms with Gasteiger partial charge >= 0.3 is 0 Å². The summed E-state index contributed by atoms with van der Waals surface area (Å²) >= 11 is 0. The van der Waals surface area contributed by atoms with Crippen molar-refractivity contribution in [1.82, 2.24) is 15.0 Å². The minimum Gasteiger partial charge on any atom is -0.445 e. The lowest BCUT2D eigenvalue weighted by atomic mass is 9.97. The smallest absolute Gasteiger partial charge is 0.264 e. The van der Waals surface area contributed by atoms with Crippen LogP contribution in [0.3, 0.4) is 0 Å². The molecule has 1 N–H and O–H groups in total. The quantitative estimate of drug-likeness (QED) is 0.359. The number of likely N-dealkylation sites (tertiary alicyclic amines) is 1. The minimum atomic E-state index is -4.07. The van der Waals surface area contributed by atoms with Crippen LogP contribution in [0, 0.1) is 13.8 Å². The molecule has 5 rings (SSSR count). The first-order chi connectivity index (χ1) is 17.1. The van der Waals surface area contributed by atoms with E-state index in [9.17, 15) is 17.2 Å². The maximum absolute atomic E-state index is 13.9. The number of hydrogen-bond donors (Lipinski definition) is 1. The van der Waals surface area contributed by atoms with Crippen LogP contribution in [-0.4, -0.2) is 42.5 Å². The van der Waals surface area contributed by atoms with E-state index in [1.165, 1.54) is 18.5 Å². The summed E-state index contributed by atoms with van der Waals surface area (Å²) in [6.07, 6.45) is 2.75. The molecule has 36 heavy (non-hydrogen) atoms. The first kappa shape index (κ1) is 24.1. The normalized spacial score (nSPS) is 15.9. The van der Waals surface area contributed by atoms with Crippen LogP contribution >= 0.6 is 0 Å². The third kappa shape index (κ3) is 4.76. The van der Waals surface area contributed by atoms with E-state index in [0.717, 1.165) is 0 Å². The number of anilines is 1. The third-order valence-corrected chi connectivity index (χ3v) is 7.67. The summed E-state index contributed by atoms with van der Waals surface area (Å²) in [5.74, 6) is -2.33. The number of rotatable bonds is 7. The number of oxazole rings is 1. The fraction of sp³-hybridized carbons (Fsp3) is 0.280. The van der Waals surface area contributed by atoms with Gasteiger partial charge in [0.05, 0.1) is 23.3 Å². The molecule has 2 aromatic heterocycles. The highest BCUT2D eigenvalue weighted by molar-refractivity contribution is 7.92. The Hall–Kier alpha value is -3.57. The first-order valence-electron chi connectivity index (χ1n) is 11.3. The number of nitrogens with one attached hydrogen (secondary N) is 1. The van der Waals surface area contributed by atoms with Crippen LogP contribution in [0.1, 0.15) is 23.2 Å². The van der Waals surface area contributed by atoms with Gasteiger partial charge in [0.1, 0.15) is 6.26 Å². The fourth-order valence-electron chi connectivity index (χ4n) is 4.28. The van der Waals surface area contributed by atoms with E-state index < -0.39 is 15.9 Å². The Labute approximate surface area is 207 Å². The minimum absolute atomic E-state index is 0.0235. The van der Waals surface area contributed by atoms with Gasteiger partial charge in [0, 0.05) is 36.2 Å². The van der Waals surface area contributed by atoms with Crippen LogP contribution in [0.15, 0.2) is 68.8 Å².